The number of carbonyl (C=O) groups is 2. The first-order chi connectivity index (χ1) is 12.9. The maximum atomic E-state index is 13.4. The second-order valence-corrected chi connectivity index (χ2v) is 6.75. The zero-order valence-corrected chi connectivity index (χ0v) is 14.9. The van der Waals surface area contributed by atoms with Gasteiger partial charge in [-0.05, 0) is 30.7 Å². The summed E-state index contributed by atoms with van der Waals surface area (Å²) in [5, 5.41) is 5.42. The number of benzene rings is 1. The molecule has 0 aromatic heterocycles. The van der Waals surface area contributed by atoms with Gasteiger partial charge in [-0.2, -0.15) is 13.2 Å². The Bertz CT molecular complexity index is 672. The molecule has 2 N–H and O–H groups in total. The molecule has 3 rings (SSSR count). The van der Waals surface area contributed by atoms with Crippen LogP contribution in [0.5, 0.6) is 0 Å². The van der Waals surface area contributed by atoms with E-state index in [2.05, 4.69) is 10.6 Å². The van der Waals surface area contributed by atoms with Crippen LogP contribution in [0.1, 0.15) is 23.2 Å². The zero-order chi connectivity index (χ0) is 19.4. The van der Waals surface area contributed by atoms with Gasteiger partial charge >= 0.3 is 6.18 Å². The number of alkyl halides is 3. The van der Waals surface area contributed by atoms with Crippen molar-refractivity contribution < 1.29 is 22.8 Å². The number of nitrogens with one attached hydrogen (secondary N) is 2. The molecule has 2 amide bonds. The van der Waals surface area contributed by atoms with Gasteiger partial charge in [-0.15, -0.1) is 0 Å². The van der Waals surface area contributed by atoms with Crippen LogP contribution in [0.3, 0.4) is 0 Å². The molecule has 1 aromatic rings. The lowest BCUT2D eigenvalue weighted by molar-refractivity contribution is -0.183. The fraction of sp³-hybridized carbons (Fsp3) is 0.556. The summed E-state index contributed by atoms with van der Waals surface area (Å²) in [6.45, 7) is 1.72. The van der Waals surface area contributed by atoms with Crippen molar-refractivity contribution in [1.29, 1.82) is 0 Å². The molecular weight excluding hydrogens is 361 g/mol. The molecule has 0 radical (unpaired) electrons. The van der Waals surface area contributed by atoms with Crippen LogP contribution >= 0.6 is 0 Å². The predicted molar refractivity (Wildman–Crippen MR) is 94.6 cm³/mol. The molecule has 2 aliphatic rings. The largest absolute Gasteiger partial charge is 0.405 e. The predicted octanol–water partition coefficient (Wildman–Crippen LogP) is 1.38. The Labute approximate surface area is 155 Å². The van der Waals surface area contributed by atoms with Gasteiger partial charge in [0.25, 0.3) is 5.91 Å². The van der Waals surface area contributed by atoms with Gasteiger partial charge < -0.3 is 15.5 Å². The van der Waals surface area contributed by atoms with Gasteiger partial charge in [-0.1, -0.05) is 0 Å². The molecule has 148 valence electrons. The summed E-state index contributed by atoms with van der Waals surface area (Å²) in [7, 11) is 0. The molecule has 1 unspecified atom stereocenters. The molecule has 9 heteroatoms. The minimum absolute atomic E-state index is 0.0382. The van der Waals surface area contributed by atoms with Crippen LogP contribution in [0.25, 0.3) is 0 Å². The van der Waals surface area contributed by atoms with Gasteiger partial charge in [-0.3, -0.25) is 14.5 Å². The highest BCUT2D eigenvalue weighted by atomic mass is 19.4. The molecule has 6 nitrogen and oxygen atoms in total. The van der Waals surface area contributed by atoms with E-state index < -0.39 is 24.7 Å². The lowest BCUT2D eigenvalue weighted by Crippen LogP contribution is -2.57. The van der Waals surface area contributed by atoms with Crippen LogP contribution in [0.4, 0.5) is 18.9 Å². The Hall–Kier alpha value is -2.13. The van der Waals surface area contributed by atoms with Crippen molar-refractivity contribution in [2.75, 3.05) is 44.2 Å². The van der Waals surface area contributed by atoms with E-state index in [4.69, 9.17) is 0 Å². The van der Waals surface area contributed by atoms with E-state index in [9.17, 15) is 22.8 Å². The SMILES string of the molecule is O=C(NCC(N1CCNCC1)C(F)(F)F)c1ccc(N2CCCC2=O)cc1. The average Bonchev–Trinajstić information content (AvgIpc) is 3.07. The molecule has 27 heavy (non-hydrogen) atoms. The molecule has 0 bridgehead atoms. The Morgan fingerprint density at radius 3 is 2.37 bits per heavy atom. The van der Waals surface area contributed by atoms with Crippen molar-refractivity contribution in [3.8, 4) is 0 Å². The minimum atomic E-state index is -4.41. The van der Waals surface area contributed by atoms with Crippen LogP contribution < -0.4 is 15.5 Å². The molecular formula is C18H23F3N4O2. The second kappa shape index (κ2) is 8.26. The third kappa shape index (κ3) is 4.78. The van der Waals surface area contributed by atoms with E-state index in [1.54, 1.807) is 17.0 Å². The molecule has 2 saturated heterocycles. The molecule has 2 aliphatic heterocycles. The highest BCUT2D eigenvalue weighted by Gasteiger charge is 2.43. The van der Waals surface area contributed by atoms with Gasteiger partial charge in [0, 0.05) is 56.9 Å². The first-order valence-corrected chi connectivity index (χ1v) is 9.06. The third-order valence-corrected chi connectivity index (χ3v) is 4.94. The number of anilines is 1. The van der Waals surface area contributed by atoms with E-state index in [1.807, 2.05) is 0 Å². The zero-order valence-electron chi connectivity index (χ0n) is 14.9. The summed E-state index contributed by atoms with van der Waals surface area (Å²) >= 11 is 0. The summed E-state index contributed by atoms with van der Waals surface area (Å²) in [5.74, 6) is -0.519. The maximum Gasteiger partial charge on any atom is 0.405 e. The monoisotopic (exact) mass is 384 g/mol. The van der Waals surface area contributed by atoms with E-state index in [0.717, 1.165) is 6.42 Å². The number of halogens is 3. The van der Waals surface area contributed by atoms with Crippen LogP contribution in [0, 0.1) is 0 Å². The van der Waals surface area contributed by atoms with E-state index in [1.165, 1.54) is 17.0 Å². The normalized spacial score (nSPS) is 20.0. The second-order valence-electron chi connectivity index (χ2n) is 6.75. The average molecular weight is 384 g/mol. The fourth-order valence-corrected chi connectivity index (χ4v) is 3.45. The highest BCUT2D eigenvalue weighted by Crippen LogP contribution is 2.25. The standard InChI is InChI=1S/C18H23F3N4O2/c19-18(20,21)15(24-10-7-22-8-11-24)12-23-17(27)13-3-5-14(6-4-13)25-9-1-2-16(25)26/h3-6,15,22H,1-2,7-12H2,(H,23,27). The summed E-state index contributed by atoms with van der Waals surface area (Å²) < 4.78 is 40.1. The van der Waals surface area contributed by atoms with E-state index >= 15 is 0 Å². The Balaban J connectivity index is 1.61. The third-order valence-electron chi connectivity index (χ3n) is 4.94. The van der Waals surface area contributed by atoms with E-state index in [-0.39, 0.29) is 11.5 Å². The van der Waals surface area contributed by atoms with Crippen LogP contribution in [-0.2, 0) is 4.79 Å². The molecule has 0 spiro atoms. The van der Waals surface area contributed by atoms with Crippen LogP contribution in [-0.4, -0.2) is 68.2 Å². The summed E-state index contributed by atoms with van der Waals surface area (Å²) in [6.07, 6.45) is -3.11. The van der Waals surface area contributed by atoms with Gasteiger partial charge in [0.2, 0.25) is 5.91 Å². The lowest BCUT2D eigenvalue weighted by Gasteiger charge is -2.35. The number of hydrogen-bond donors (Lipinski definition) is 2. The molecule has 1 aromatic carbocycles. The first-order valence-electron chi connectivity index (χ1n) is 9.06. The summed E-state index contributed by atoms with van der Waals surface area (Å²) in [4.78, 5) is 27.0. The topological polar surface area (TPSA) is 64.7 Å². The number of hydrogen-bond acceptors (Lipinski definition) is 4. The Kier molecular flexibility index (Phi) is 6.01. The quantitative estimate of drug-likeness (QED) is 0.805. The van der Waals surface area contributed by atoms with Crippen LogP contribution in [0.15, 0.2) is 24.3 Å². The highest BCUT2D eigenvalue weighted by molar-refractivity contribution is 5.97. The van der Waals surface area contributed by atoms with Gasteiger partial charge in [0.1, 0.15) is 6.04 Å². The fourth-order valence-electron chi connectivity index (χ4n) is 3.45. The molecule has 0 aliphatic carbocycles. The Morgan fingerprint density at radius 1 is 1.15 bits per heavy atom. The number of piperazine rings is 1. The van der Waals surface area contributed by atoms with Crippen molar-refractivity contribution in [2.45, 2.75) is 25.1 Å². The van der Waals surface area contributed by atoms with Crippen molar-refractivity contribution >= 4 is 17.5 Å². The molecule has 2 fully saturated rings. The minimum Gasteiger partial charge on any atom is -0.350 e. The van der Waals surface area contributed by atoms with Gasteiger partial charge in [0.15, 0.2) is 0 Å². The first kappa shape index (κ1) is 19.6. The van der Waals surface area contributed by atoms with Crippen molar-refractivity contribution in [2.24, 2.45) is 0 Å². The Morgan fingerprint density at radius 2 is 1.81 bits per heavy atom. The van der Waals surface area contributed by atoms with Gasteiger partial charge in [0.05, 0.1) is 0 Å². The molecule has 0 saturated carbocycles. The summed E-state index contributed by atoms with van der Waals surface area (Å²) in [5.41, 5.74) is 0.967. The molecule has 1 atom stereocenters. The lowest BCUT2D eigenvalue weighted by atomic mass is 10.1. The van der Waals surface area contributed by atoms with Crippen molar-refractivity contribution in [3.63, 3.8) is 0 Å². The number of nitrogens with zero attached hydrogens (tertiary/aromatic N) is 2. The number of carbonyl (C=O) groups excluding carboxylic acids is 2. The van der Waals surface area contributed by atoms with Crippen molar-refractivity contribution in [3.05, 3.63) is 29.8 Å². The smallest absolute Gasteiger partial charge is 0.350 e. The maximum absolute atomic E-state index is 13.4. The van der Waals surface area contributed by atoms with Gasteiger partial charge in [-0.25, -0.2) is 0 Å². The molecule has 2 heterocycles. The van der Waals surface area contributed by atoms with Crippen molar-refractivity contribution in [1.82, 2.24) is 15.5 Å². The van der Waals surface area contributed by atoms with E-state index in [0.29, 0.717) is 44.8 Å². The number of rotatable bonds is 5. The summed E-state index contributed by atoms with van der Waals surface area (Å²) in [6, 6.07) is 4.66. The number of amides is 2. The van der Waals surface area contributed by atoms with Crippen LogP contribution in [0.2, 0.25) is 0 Å².